The summed E-state index contributed by atoms with van der Waals surface area (Å²) in [5.74, 6) is 1.85. The molecule has 0 saturated heterocycles. The average molecular weight is 185 g/mol. The molecule has 0 radical (unpaired) electrons. The van der Waals surface area contributed by atoms with Crippen molar-refractivity contribution in [3.63, 3.8) is 0 Å². The van der Waals surface area contributed by atoms with Crippen molar-refractivity contribution < 1.29 is 9.53 Å². The lowest BCUT2D eigenvalue weighted by atomic mass is 10.3. The van der Waals surface area contributed by atoms with Crippen LogP contribution in [0.3, 0.4) is 0 Å². The van der Waals surface area contributed by atoms with E-state index in [1.807, 2.05) is 7.05 Å². The van der Waals surface area contributed by atoms with Gasteiger partial charge in [0, 0.05) is 13.7 Å². The molecule has 76 valence electrons. The SMILES string of the molecule is COCC(=O)CN(C)CC1CC1C. The zero-order valence-electron chi connectivity index (χ0n) is 8.75. The van der Waals surface area contributed by atoms with Gasteiger partial charge in [0.2, 0.25) is 0 Å². The van der Waals surface area contributed by atoms with Crippen LogP contribution < -0.4 is 0 Å². The van der Waals surface area contributed by atoms with Crippen molar-refractivity contribution in [3.8, 4) is 0 Å². The molecular weight excluding hydrogens is 166 g/mol. The van der Waals surface area contributed by atoms with Gasteiger partial charge >= 0.3 is 0 Å². The van der Waals surface area contributed by atoms with E-state index in [1.54, 1.807) is 7.11 Å². The molecular formula is C10H19NO2. The second kappa shape index (κ2) is 4.72. The van der Waals surface area contributed by atoms with Gasteiger partial charge in [0.1, 0.15) is 6.61 Å². The topological polar surface area (TPSA) is 29.5 Å². The van der Waals surface area contributed by atoms with E-state index >= 15 is 0 Å². The molecule has 2 atom stereocenters. The molecule has 0 aromatic rings. The van der Waals surface area contributed by atoms with Crippen LogP contribution in [0.15, 0.2) is 0 Å². The van der Waals surface area contributed by atoms with Gasteiger partial charge in [-0.25, -0.2) is 0 Å². The summed E-state index contributed by atoms with van der Waals surface area (Å²) in [5, 5.41) is 0. The predicted molar refractivity (Wildman–Crippen MR) is 51.7 cm³/mol. The van der Waals surface area contributed by atoms with Crippen molar-refractivity contribution >= 4 is 5.78 Å². The fourth-order valence-electron chi connectivity index (χ4n) is 1.63. The zero-order valence-corrected chi connectivity index (χ0v) is 8.75. The molecule has 1 saturated carbocycles. The highest BCUT2D eigenvalue weighted by Gasteiger charge is 2.33. The highest BCUT2D eigenvalue weighted by atomic mass is 16.5. The lowest BCUT2D eigenvalue weighted by Crippen LogP contribution is -2.30. The Morgan fingerprint density at radius 3 is 2.69 bits per heavy atom. The summed E-state index contributed by atoms with van der Waals surface area (Å²) in [4.78, 5) is 13.3. The summed E-state index contributed by atoms with van der Waals surface area (Å²) >= 11 is 0. The molecule has 2 unspecified atom stereocenters. The number of hydrogen-bond donors (Lipinski definition) is 0. The van der Waals surface area contributed by atoms with Crippen LogP contribution in [0, 0.1) is 11.8 Å². The maximum atomic E-state index is 11.2. The highest BCUT2D eigenvalue weighted by Crippen LogP contribution is 2.37. The van der Waals surface area contributed by atoms with Gasteiger partial charge in [-0.05, 0) is 25.3 Å². The number of ketones is 1. The first-order chi connectivity index (χ1) is 6.13. The number of methoxy groups -OCH3 is 1. The van der Waals surface area contributed by atoms with Gasteiger partial charge in [0.05, 0.1) is 6.54 Å². The fourth-order valence-corrected chi connectivity index (χ4v) is 1.63. The molecule has 3 nitrogen and oxygen atoms in total. The minimum atomic E-state index is 0.165. The van der Waals surface area contributed by atoms with Gasteiger partial charge in [0.15, 0.2) is 5.78 Å². The first kappa shape index (κ1) is 10.7. The van der Waals surface area contributed by atoms with E-state index in [4.69, 9.17) is 4.74 Å². The van der Waals surface area contributed by atoms with Crippen LogP contribution in [0.2, 0.25) is 0 Å². The smallest absolute Gasteiger partial charge is 0.172 e. The number of carbonyl (C=O) groups excluding carboxylic acids is 1. The molecule has 3 heteroatoms. The van der Waals surface area contributed by atoms with Gasteiger partial charge in [-0.3, -0.25) is 9.69 Å². The lowest BCUT2D eigenvalue weighted by Gasteiger charge is -2.14. The van der Waals surface area contributed by atoms with Crippen LogP contribution in [0.1, 0.15) is 13.3 Å². The maximum absolute atomic E-state index is 11.2. The molecule has 0 aromatic carbocycles. The number of rotatable bonds is 6. The number of Topliss-reactive ketones (excluding diaryl/α,β-unsaturated/α-hetero) is 1. The van der Waals surface area contributed by atoms with Crippen molar-refractivity contribution in [2.75, 3.05) is 33.9 Å². The summed E-state index contributed by atoms with van der Waals surface area (Å²) in [7, 11) is 3.56. The van der Waals surface area contributed by atoms with Crippen molar-refractivity contribution in [1.82, 2.24) is 4.90 Å². The third-order valence-corrected chi connectivity index (χ3v) is 2.57. The highest BCUT2D eigenvalue weighted by molar-refractivity contribution is 5.81. The summed E-state index contributed by atoms with van der Waals surface area (Å²) in [6.45, 7) is 4.08. The number of nitrogens with zero attached hydrogens (tertiary/aromatic N) is 1. The van der Waals surface area contributed by atoms with E-state index in [0.29, 0.717) is 6.54 Å². The zero-order chi connectivity index (χ0) is 9.84. The quantitative estimate of drug-likeness (QED) is 0.612. The summed E-state index contributed by atoms with van der Waals surface area (Å²) in [6.07, 6.45) is 1.32. The fraction of sp³-hybridized carbons (Fsp3) is 0.900. The molecule has 0 heterocycles. The molecule has 13 heavy (non-hydrogen) atoms. The first-order valence-corrected chi connectivity index (χ1v) is 4.82. The van der Waals surface area contributed by atoms with Crippen molar-refractivity contribution in [3.05, 3.63) is 0 Å². The van der Waals surface area contributed by atoms with Gasteiger partial charge in [-0.2, -0.15) is 0 Å². The number of likely N-dealkylation sites (N-methyl/N-ethyl adjacent to an activating group) is 1. The van der Waals surface area contributed by atoms with Gasteiger partial charge in [-0.15, -0.1) is 0 Å². The van der Waals surface area contributed by atoms with Crippen LogP contribution in [0.25, 0.3) is 0 Å². The Balaban J connectivity index is 2.09. The lowest BCUT2D eigenvalue weighted by molar-refractivity contribution is -0.123. The first-order valence-electron chi connectivity index (χ1n) is 4.82. The minimum Gasteiger partial charge on any atom is -0.377 e. The predicted octanol–water partition coefficient (Wildman–Crippen LogP) is 0.790. The van der Waals surface area contributed by atoms with E-state index in [2.05, 4.69) is 11.8 Å². The molecule has 1 fully saturated rings. The van der Waals surface area contributed by atoms with Crippen molar-refractivity contribution in [2.24, 2.45) is 11.8 Å². The molecule has 1 aliphatic carbocycles. The Morgan fingerprint density at radius 1 is 1.62 bits per heavy atom. The Bertz CT molecular complexity index is 182. The summed E-state index contributed by atoms with van der Waals surface area (Å²) in [6, 6.07) is 0. The average Bonchev–Trinajstić information content (AvgIpc) is 2.65. The minimum absolute atomic E-state index is 0.165. The van der Waals surface area contributed by atoms with Crippen molar-refractivity contribution in [2.45, 2.75) is 13.3 Å². The molecule has 1 rings (SSSR count). The maximum Gasteiger partial charge on any atom is 0.172 e. The Morgan fingerprint density at radius 2 is 2.23 bits per heavy atom. The van der Waals surface area contributed by atoms with E-state index in [9.17, 15) is 4.79 Å². The largest absolute Gasteiger partial charge is 0.377 e. The standard InChI is InChI=1S/C10H19NO2/c1-8-4-9(8)5-11(2)6-10(12)7-13-3/h8-9H,4-7H2,1-3H3. The van der Waals surface area contributed by atoms with Crippen LogP contribution in [0.4, 0.5) is 0 Å². The third-order valence-electron chi connectivity index (χ3n) is 2.57. The van der Waals surface area contributed by atoms with Crippen LogP contribution in [-0.2, 0) is 9.53 Å². The molecule has 1 aliphatic rings. The van der Waals surface area contributed by atoms with Gasteiger partial charge in [-0.1, -0.05) is 6.92 Å². The van der Waals surface area contributed by atoms with Gasteiger partial charge < -0.3 is 4.74 Å². The number of hydrogen-bond acceptors (Lipinski definition) is 3. The molecule has 0 bridgehead atoms. The second-order valence-electron chi connectivity index (χ2n) is 4.14. The van der Waals surface area contributed by atoms with E-state index < -0.39 is 0 Å². The van der Waals surface area contributed by atoms with Crippen molar-refractivity contribution in [1.29, 1.82) is 0 Å². The monoisotopic (exact) mass is 185 g/mol. The van der Waals surface area contributed by atoms with Crippen LogP contribution >= 0.6 is 0 Å². The van der Waals surface area contributed by atoms with Crippen LogP contribution in [0.5, 0.6) is 0 Å². The molecule has 0 aromatic heterocycles. The Hall–Kier alpha value is -0.410. The number of ether oxygens (including phenoxy) is 1. The summed E-state index contributed by atoms with van der Waals surface area (Å²) < 4.78 is 4.77. The second-order valence-corrected chi connectivity index (χ2v) is 4.14. The summed E-state index contributed by atoms with van der Waals surface area (Å²) in [5.41, 5.74) is 0. The third kappa shape index (κ3) is 3.87. The van der Waals surface area contributed by atoms with E-state index in [0.717, 1.165) is 18.4 Å². The van der Waals surface area contributed by atoms with E-state index in [-0.39, 0.29) is 12.4 Å². The molecule has 0 N–H and O–H groups in total. The van der Waals surface area contributed by atoms with E-state index in [1.165, 1.54) is 6.42 Å². The molecule has 0 amide bonds. The normalized spacial score (nSPS) is 26.5. The van der Waals surface area contributed by atoms with Crippen LogP contribution in [-0.4, -0.2) is 44.5 Å². The number of carbonyl (C=O) groups is 1. The Labute approximate surface area is 80.1 Å². The Kier molecular flexibility index (Phi) is 3.88. The molecule has 0 aliphatic heterocycles. The molecule has 0 spiro atoms. The van der Waals surface area contributed by atoms with Gasteiger partial charge in [0.25, 0.3) is 0 Å².